The number of rotatable bonds is 4. The van der Waals surface area contributed by atoms with Crippen LogP contribution >= 0.6 is 22.9 Å². The lowest BCUT2D eigenvalue weighted by atomic mass is 10.3. The van der Waals surface area contributed by atoms with Crippen LogP contribution in [-0.2, 0) is 23.5 Å². The van der Waals surface area contributed by atoms with Gasteiger partial charge in [-0.2, -0.15) is 5.10 Å². The fraction of sp³-hybridized carbons (Fsp3) is 0.400. The summed E-state index contributed by atoms with van der Waals surface area (Å²) in [6, 6.07) is 0. The van der Waals surface area contributed by atoms with Gasteiger partial charge in [-0.25, -0.2) is 13.4 Å². The normalized spacial score (nSPS) is 11.8. The van der Waals surface area contributed by atoms with Crippen molar-refractivity contribution in [3.63, 3.8) is 0 Å². The third kappa shape index (κ3) is 2.90. The van der Waals surface area contributed by atoms with Gasteiger partial charge >= 0.3 is 0 Å². The molecular formula is C10H13ClN4O2S2. The van der Waals surface area contributed by atoms with Gasteiger partial charge in [0.1, 0.15) is 0 Å². The molecule has 104 valence electrons. The number of halogens is 1. The summed E-state index contributed by atoms with van der Waals surface area (Å²) in [5.41, 5.74) is 1.57. The molecule has 2 aromatic heterocycles. The van der Waals surface area contributed by atoms with Crippen LogP contribution in [0.5, 0.6) is 0 Å². The topological polar surface area (TPSA) is 76.9 Å². The summed E-state index contributed by atoms with van der Waals surface area (Å²) in [5, 5.41) is 4.19. The number of aromatic nitrogens is 3. The third-order valence-corrected chi connectivity index (χ3v) is 5.69. The smallest absolute Gasteiger partial charge is 0.273 e. The Morgan fingerprint density at radius 2 is 2.21 bits per heavy atom. The highest BCUT2D eigenvalue weighted by Crippen LogP contribution is 2.29. The van der Waals surface area contributed by atoms with E-state index in [2.05, 4.69) is 14.8 Å². The summed E-state index contributed by atoms with van der Waals surface area (Å²) < 4.78 is 29.0. The number of nitrogens with one attached hydrogen (secondary N) is 1. The Balaban J connectivity index is 2.39. The average Bonchev–Trinajstić information content (AvgIpc) is 2.81. The molecule has 0 unspecified atom stereocenters. The molecule has 1 N–H and O–H groups in total. The fourth-order valence-electron chi connectivity index (χ4n) is 1.67. The predicted molar refractivity (Wildman–Crippen MR) is 75.3 cm³/mol. The third-order valence-electron chi connectivity index (χ3n) is 2.46. The van der Waals surface area contributed by atoms with Gasteiger partial charge in [0, 0.05) is 13.2 Å². The van der Waals surface area contributed by atoms with E-state index in [0.29, 0.717) is 23.5 Å². The van der Waals surface area contributed by atoms with Crippen LogP contribution in [0, 0.1) is 6.92 Å². The molecule has 6 nitrogen and oxygen atoms in total. The van der Waals surface area contributed by atoms with Gasteiger partial charge in [-0.1, -0.05) is 29.9 Å². The Kier molecular flexibility index (Phi) is 3.84. The van der Waals surface area contributed by atoms with E-state index in [1.165, 1.54) is 0 Å². The van der Waals surface area contributed by atoms with E-state index in [1.54, 1.807) is 24.9 Å². The van der Waals surface area contributed by atoms with Gasteiger partial charge in [-0.05, 0) is 13.3 Å². The summed E-state index contributed by atoms with van der Waals surface area (Å²) in [7, 11) is -1.93. The second-order valence-corrected chi connectivity index (χ2v) is 7.42. The van der Waals surface area contributed by atoms with Crippen molar-refractivity contribution < 1.29 is 8.42 Å². The first kappa shape index (κ1) is 14.3. The zero-order valence-electron chi connectivity index (χ0n) is 10.6. The summed E-state index contributed by atoms with van der Waals surface area (Å²) >= 11 is 6.67. The molecule has 0 aliphatic rings. The van der Waals surface area contributed by atoms with Gasteiger partial charge in [0.05, 0.1) is 17.1 Å². The van der Waals surface area contributed by atoms with Crippen molar-refractivity contribution in [2.75, 3.05) is 4.72 Å². The molecule has 0 spiro atoms. The second kappa shape index (κ2) is 5.10. The largest absolute Gasteiger partial charge is 0.275 e. The summed E-state index contributed by atoms with van der Waals surface area (Å²) in [4.78, 5) is 3.91. The number of hydrogen-bond acceptors (Lipinski definition) is 5. The van der Waals surface area contributed by atoms with Crippen LogP contribution in [0.2, 0.25) is 4.47 Å². The number of hydrogen-bond donors (Lipinski definition) is 1. The maximum Gasteiger partial charge on any atom is 0.273 e. The maximum atomic E-state index is 12.3. The summed E-state index contributed by atoms with van der Waals surface area (Å²) in [6.07, 6.45) is 2.27. The van der Waals surface area contributed by atoms with Crippen LogP contribution in [0.1, 0.15) is 18.3 Å². The van der Waals surface area contributed by atoms with Crippen molar-refractivity contribution in [3.8, 4) is 0 Å². The van der Waals surface area contributed by atoms with Crippen molar-refractivity contribution in [1.29, 1.82) is 0 Å². The van der Waals surface area contributed by atoms with E-state index < -0.39 is 10.0 Å². The molecular weight excluding hydrogens is 308 g/mol. The van der Waals surface area contributed by atoms with Gasteiger partial charge in [0.25, 0.3) is 10.0 Å². The highest BCUT2D eigenvalue weighted by Gasteiger charge is 2.23. The van der Waals surface area contributed by atoms with Crippen molar-refractivity contribution in [2.24, 2.45) is 7.05 Å². The number of sulfonamides is 1. The Labute approximate surface area is 120 Å². The molecule has 2 aromatic rings. The molecule has 0 atom stereocenters. The zero-order chi connectivity index (χ0) is 14.2. The van der Waals surface area contributed by atoms with Gasteiger partial charge in [0.15, 0.2) is 8.68 Å². The molecule has 0 aromatic carbocycles. The molecule has 0 fully saturated rings. The van der Waals surface area contributed by atoms with E-state index in [9.17, 15) is 8.42 Å². The maximum absolute atomic E-state index is 12.3. The Hall–Kier alpha value is -1.12. The minimum atomic E-state index is -3.67. The molecule has 0 radical (unpaired) electrons. The number of anilines is 1. The number of nitrogens with zero attached hydrogens (tertiary/aromatic N) is 3. The molecule has 0 aliphatic heterocycles. The van der Waals surface area contributed by atoms with Gasteiger partial charge in [-0.3, -0.25) is 9.40 Å². The first-order valence-electron chi connectivity index (χ1n) is 5.51. The number of aryl methyl sites for hydroxylation is 3. The monoisotopic (exact) mass is 320 g/mol. The van der Waals surface area contributed by atoms with Crippen molar-refractivity contribution in [3.05, 3.63) is 22.1 Å². The van der Waals surface area contributed by atoms with Gasteiger partial charge in [0.2, 0.25) is 0 Å². The Bertz CT molecular complexity index is 705. The SMILES string of the molecule is CCc1nn(C)cc1NS(=O)(=O)c1sc(Cl)nc1C. The van der Waals surface area contributed by atoms with Crippen LogP contribution in [0.25, 0.3) is 0 Å². The molecule has 2 heterocycles. The van der Waals surface area contributed by atoms with Crippen molar-refractivity contribution in [2.45, 2.75) is 24.5 Å². The van der Waals surface area contributed by atoms with E-state index in [4.69, 9.17) is 11.6 Å². The van der Waals surface area contributed by atoms with Crippen LogP contribution in [0.4, 0.5) is 5.69 Å². The van der Waals surface area contributed by atoms with E-state index >= 15 is 0 Å². The van der Waals surface area contributed by atoms with E-state index in [-0.39, 0.29) is 8.68 Å². The molecule has 2 rings (SSSR count). The minimum Gasteiger partial charge on any atom is -0.275 e. The van der Waals surface area contributed by atoms with Crippen LogP contribution in [0.3, 0.4) is 0 Å². The predicted octanol–water partition coefficient (Wildman–Crippen LogP) is 2.20. The van der Waals surface area contributed by atoms with Crippen LogP contribution in [-0.4, -0.2) is 23.2 Å². The molecule has 0 amide bonds. The fourth-order valence-corrected chi connectivity index (χ4v) is 4.48. The van der Waals surface area contributed by atoms with Crippen molar-refractivity contribution in [1.82, 2.24) is 14.8 Å². The molecule has 19 heavy (non-hydrogen) atoms. The summed E-state index contributed by atoms with van der Waals surface area (Å²) in [5.74, 6) is 0. The quantitative estimate of drug-likeness (QED) is 0.937. The van der Waals surface area contributed by atoms with Crippen LogP contribution in [0.15, 0.2) is 10.4 Å². The molecule has 0 bridgehead atoms. The van der Waals surface area contributed by atoms with Crippen molar-refractivity contribution >= 4 is 38.6 Å². The number of thiazole rings is 1. The molecule has 9 heteroatoms. The molecule has 0 saturated carbocycles. The van der Waals surface area contributed by atoms with Gasteiger partial charge < -0.3 is 0 Å². The highest BCUT2D eigenvalue weighted by molar-refractivity contribution is 7.94. The summed E-state index contributed by atoms with van der Waals surface area (Å²) in [6.45, 7) is 3.52. The highest BCUT2D eigenvalue weighted by atomic mass is 35.5. The first-order chi connectivity index (χ1) is 8.83. The molecule has 0 aliphatic carbocycles. The first-order valence-corrected chi connectivity index (χ1v) is 8.19. The van der Waals surface area contributed by atoms with E-state index in [0.717, 1.165) is 11.3 Å². The van der Waals surface area contributed by atoms with Crippen LogP contribution < -0.4 is 4.72 Å². The lowest BCUT2D eigenvalue weighted by molar-refractivity contribution is 0.602. The molecule has 0 saturated heterocycles. The average molecular weight is 321 g/mol. The lowest BCUT2D eigenvalue weighted by Crippen LogP contribution is -2.13. The standard InChI is InChI=1S/C10H13ClN4O2S2/c1-4-7-8(5-15(3)13-7)14-19(16,17)9-6(2)12-10(11)18-9/h5,14H,4H2,1-3H3. The zero-order valence-corrected chi connectivity index (χ0v) is 13.0. The second-order valence-electron chi connectivity index (χ2n) is 3.96. The lowest BCUT2D eigenvalue weighted by Gasteiger charge is -2.05. The van der Waals surface area contributed by atoms with E-state index in [1.807, 2.05) is 6.92 Å². The Morgan fingerprint density at radius 3 is 2.74 bits per heavy atom. The van der Waals surface area contributed by atoms with Gasteiger partial charge in [-0.15, -0.1) is 0 Å². The minimum absolute atomic E-state index is 0.128. The Morgan fingerprint density at radius 1 is 1.53 bits per heavy atom.